The molecule has 0 aliphatic carbocycles. The van der Waals surface area contributed by atoms with Crippen LogP contribution in [0, 0.1) is 6.92 Å². The first-order chi connectivity index (χ1) is 13.0. The molecule has 1 aliphatic heterocycles. The molecule has 1 unspecified atom stereocenters. The maximum Gasteiger partial charge on any atom is 0.238 e. The zero-order valence-electron chi connectivity index (χ0n) is 15.1. The van der Waals surface area contributed by atoms with Gasteiger partial charge in [-0.15, -0.1) is 0 Å². The molecule has 5 nitrogen and oxygen atoms in total. The lowest BCUT2D eigenvalue weighted by atomic mass is 10.2. The molecule has 0 aromatic heterocycles. The first kappa shape index (κ1) is 19.5. The third-order valence-electron chi connectivity index (χ3n) is 4.09. The van der Waals surface area contributed by atoms with E-state index < -0.39 is 5.25 Å². The van der Waals surface area contributed by atoms with Crippen LogP contribution in [0.15, 0.2) is 53.5 Å². The number of nitrogens with one attached hydrogen (secondary N) is 1. The Morgan fingerprint density at radius 1 is 1.30 bits per heavy atom. The fraction of sp³-hybridized carbons (Fsp3) is 0.250. The van der Waals surface area contributed by atoms with E-state index >= 15 is 0 Å². The minimum Gasteiger partial charge on any atom is -0.325 e. The maximum absolute atomic E-state index is 12.7. The van der Waals surface area contributed by atoms with Crippen LogP contribution in [0.2, 0.25) is 5.02 Å². The van der Waals surface area contributed by atoms with Crippen LogP contribution in [0.1, 0.15) is 18.9 Å². The Hall–Kier alpha value is -2.31. The number of thioether (sulfide) groups is 1. The van der Waals surface area contributed by atoms with E-state index in [0.29, 0.717) is 22.4 Å². The molecule has 2 aromatic rings. The number of benzene rings is 2. The quantitative estimate of drug-likeness (QED) is 0.812. The van der Waals surface area contributed by atoms with Crippen molar-refractivity contribution in [3.63, 3.8) is 0 Å². The zero-order chi connectivity index (χ0) is 19.4. The molecule has 0 spiro atoms. The molecule has 2 aromatic carbocycles. The Balaban J connectivity index is 1.80. The third-order valence-corrected chi connectivity index (χ3v) is 5.53. The average molecular weight is 402 g/mol. The van der Waals surface area contributed by atoms with Crippen molar-refractivity contribution in [1.82, 2.24) is 4.90 Å². The minimum atomic E-state index is -0.521. The highest BCUT2D eigenvalue weighted by Gasteiger charge is 2.35. The molecule has 2 amide bonds. The van der Waals surface area contributed by atoms with Gasteiger partial charge in [-0.25, -0.2) is 4.99 Å². The van der Waals surface area contributed by atoms with Gasteiger partial charge in [-0.3, -0.25) is 14.5 Å². The van der Waals surface area contributed by atoms with Gasteiger partial charge in [0.1, 0.15) is 5.25 Å². The minimum absolute atomic E-state index is 0.103. The van der Waals surface area contributed by atoms with Gasteiger partial charge in [-0.1, -0.05) is 35.5 Å². The van der Waals surface area contributed by atoms with Gasteiger partial charge in [0, 0.05) is 23.7 Å². The Morgan fingerprint density at radius 3 is 2.70 bits per heavy atom. The molecular weight excluding hydrogens is 382 g/mol. The highest BCUT2D eigenvalue weighted by Crippen LogP contribution is 2.30. The van der Waals surface area contributed by atoms with E-state index in [1.807, 2.05) is 38.1 Å². The lowest BCUT2D eigenvalue weighted by Crippen LogP contribution is -2.45. The second kappa shape index (κ2) is 8.59. The molecular formula is C20H20ClN3O2S. The van der Waals surface area contributed by atoms with E-state index in [2.05, 4.69) is 10.3 Å². The molecule has 0 saturated carbocycles. The van der Waals surface area contributed by atoms with Gasteiger partial charge in [-0.2, -0.15) is 0 Å². The molecule has 1 fully saturated rings. The maximum atomic E-state index is 12.7. The van der Waals surface area contributed by atoms with E-state index in [1.54, 1.807) is 29.2 Å². The number of carbonyl (C=O) groups is 2. The molecule has 0 radical (unpaired) electrons. The predicted molar refractivity (Wildman–Crippen MR) is 112 cm³/mol. The van der Waals surface area contributed by atoms with Gasteiger partial charge < -0.3 is 5.32 Å². The van der Waals surface area contributed by atoms with Crippen LogP contribution in [0.3, 0.4) is 0 Å². The van der Waals surface area contributed by atoms with Crippen molar-refractivity contribution in [3.05, 3.63) is 59.1 Å². The van der Waals surface area contributed by atoms with Crippen molar-refractivity contribution < 1.29 is 9.59 Å². The number of nitrogens with zero attached hydrogens (tertiary/aromatic N) is 2. The van der Waals surface area contributed by atoms with E-state index in [4.69, 9.17) is 11.6 Å². The van der Waals surface area contributed by atoms with Crippen molar-refractivity contribution >= 4 is 51.7 Å². The van der Waals surface area contributed by atoms with Crippen molar-refractivity contribution in [2.45, 2.75) is 25.5 Å². The molecule has 0 bridgehead atoms. The molecule has 1 aliphatic rings. The molecule has 3 rings (SSSR count). The van der Waals surface area contributed by atoms with Gasteiger partial charge in [-0.05, 0) is 55.8 Å². The number of rotatable bonds is 4. The Kier molecular flexibility index (Phi) is 6.19. The topological polar surface area (TPSA) is 61.8 Å². The van der Waals surface area contributed by atoms with Crippen LogP contribution >= 0.6 is 23.4 Å². The van der Waals surface area contributed by atoms with Gasteiger partial charge in [0.15, 0.2) is 5.17 Å². The summed E-state index contributed by atoms with van der Waals surface area (Å²) in [6, 6.07) is 14.6. The number of halogens is 1. The van der Waals surface area contributed by atoms with Gasteiger partial charge in [0.2, 0.25) is 11.8 Å². The molecule has 1 heterocycles. The van der Waals surface area contributed by atoms with E-state index in [0.717, 1.165) is 11.3 Å². The number of amidine groups is 1. The summed E-state index contributed by atoms with van der Waals surface area (Å²) >= 11 is 7.22. The molecule has 1 saturated heterocycles. The summed E-state index contributed by atoms with van der Waals surface area (Å²) in [4.78, 5) is 31.4. The second-order valence-corrected chi connectivity index (χ2v) is 7.78. The number of aliphatic imine (C=N–C) groups is 1. The summed E-state index contributed by atoms with van der Waals surface area (Å²) in [7, 11) is 0. The monoisotopic (exact) mass is 401 g/mol. The predicted octanol–water partition coefficient (Wildman–Crippen LogP) is 4.63. The summed E-state index contributed by atoms with van der Waals surface area (Å²) in [6.07, 6.45) is 0.149. The smallest absolute Gasteiger partial charge is 0.238 e. The van der Waals surface area contributed by atoms with Crippen LogP contribution in [0.4, 0.5) is 11.4 Å². The Labute approximate surface area is 167 Å². The lowest BCUT2D eigenvalue weighted by Gasteiger charge is -2.30. The highest BCUT2D eigenvalue weighted by molar-refractivity contribution is 8.15. The lowest BCUT2D eigenvalue weighted by molar-refractivity contribution is -0.129. The normalized spacial score (nSPS) is 18.6. The van der Waals surface area contributed by atoms with Crippen molar-refractivity contribution in [3.8, 4) is 0 Å². The molecule has 27 heavy (non-hydrogen) atoms. The number of hydrogen-bond donors (Lipinski definition) is 1. The number of amides is 2. The molecule has 140 valence electrons. The molecule has 1 atom stereocenters. The van der Waals surface area contributed by atoms with Crippen LogP contribution in [-0.2, 0) is 9.59 Å². The highest BCUT2D eigenvalue weighted by atomic mass is 35.5. The van der Waals surface area contributed by atoms with Crippen molar-refractivity contribution in [2.75, 3.05) is 11.9 Å². The number of carbonyl (C=O) groups excluding carboxylic acids is 2. The van der Waals surface area contributed by atoms with Gasteiger partial charge in [0.25, 0.3) is 0 Å². The first-order valence-corrected chi connectivity index (χ1v) is 9.91. The van der Waals surface area contributed by atoms with Crippen molar-refractivity contribution in [2.24, 2.45) is 4.99 Å². The van der Waals surface area contributed by atoms with E-state index in [-0.39, 0.29) is 18.2 Å². The van der Waals surface area contributed by atoms with Crippen LogP contribution in [0.25, 0.3) is 0 Å². The summed E-state index contributed by atoms with van der Waals surface area (Å²) in [6.45, 7) is 4.36. The zero-order valence-corrected chi connectivity index (χ0v) is 16.7. The van der Waals surface area contributed by atoms with Crippen molar-refractivity contribution in [1.29, 1.82) is 0 Å². The fourth-order valence-corrected chi connectivity index (χ4v) is 4.01. The molecule has 1 N–H and O–H groups in total. The number of hydrogen-bond acceptors (Lipinski definition) is 4. The SMILES string of the molecule is CCN1C(=O)CC(C(=O)Nc2cccc(C)c2)SC1=Nc1ccc(Cl)cc1. The van der Waals surface area contributed by atoms with Crippen LogP contribution < -0.4 is 5.32 Å². The summed E-state index contributed by atoms with van der Waals surface area (Å²) in [5, 5.41) is 3.52. The fourth-order valence-electron chi connectivity index (χ4n) is 2.72. The van der Waals surface area contributed by atoms with E-state index in [9.17, 15) is 9.59 Å². The summed E-state index contributed by atoms with van der Waals surface area (Å²) < 4.78 is 0. The third kappa shape index (κ3) is 4.90. The largest absolute Gasteiger partial charge is 0.325 e. The van der Waals surface area contributed by atoms with Gasteiger partial charge >= 0.3 is 0 Å². The summed E-state index contributed by atoms with van der Waals surface area (Å²) in [5.74, 6) is -0.299. The first-order valence-electron chi connectivity index (χ1n) is 8.65. The Bertz CT molecular complexity index is 883. The number of aryl methyl sites for hydroxylation is 1. The van der Waals surface area contributed by atoms with Crippen LogP contribution in [0.5, 0.6) is 0 Å². The second-order valence-electron chi connectivity index (χ2n) is 6.18. The summed E-state index contributed by atoms with van der Waals surface area (Å²) in [5.41, 5.74) is 2.47. The Morgan fingerprint density at radius 2 is 2.04 bits per heavy atom. The van der Waals surface area contributed by atoms with Crippen LogP contribution in [-0.4, -0.2) is 33.7 Å². The van der Waals surface area contributed by atoms with E-state index in [1.165, 1.54) is 11.8 Å². The van der Waals surface area contributed by atoms with Gasteiger partial charge in [0.05, 0.1) is 5.69 Å². The standard InChI is InChI=1S/C20H20ClN3O2S/c1-3-24-18(25)12-17(19(26)22-16-6-4-5-13(2)11-16)27-20(24)23-15-9-7-14(21)8-10-15/h4-11,17H,3,12H2,1-2H3,(H,22,26). The molecule has 7 heteroatoms. The number of anilines is 1. The average Bonchev–Trinajstić information content (AvgIpc) is 2.63.